The van der Waals surface area contributed by atoms with Gasteiger partial charge in [0.05, 0.1) is 20.1 Å². The van der Waals surface area contributed by atoms with E-state index in [-0.39, 0.29) is 19.1 Å². The van der Waals surface area contributed by atoms with Crippen LogP contribution in [-0.4, -0.2) is 65.8 Å². The van der Waals surface area contributed by atoms with Crippen LogP contribution in [0.2, 0.25) is 0 Å². The van der Waals surface area contributed by atoms with E-state index in [1.165, 1.54) is 0 Å². The fourth-order valence-corrected chi connectivity index (χ4v) is 7.17. The van der Waals surface area contributed by atoms with Gasteiger partial charge in [-0.2, -0.15) is 4.31 Å². The minimum Gasteiger partial charge on any atom is -0.494 e. The number of hydrogen-bond donors (Lipinski definition) is 4. The SMILES string of the molecule is COc1cc([C@@H](CC(=O)O)c2cccc(CN3C[C@@H](C)Oc4cc(CCCN)ccc4S3(O)O)c2)cc2nnn(C)c12. The minimum absolute atomic E-state index is 0.151. The van der Waals surface area contributed by atoms with Crippen molar-refractivity contribution in [2.75, 3.05) is 20.2 Å². The van der Waals surface area contributed by atoms with Gasteiger partial charge in [-0.1, -0.05) is 35.5 Å². The number of rotatable bonds is 10. The van der Waals surface area contributed by atoms with Crippen LogP contribution in [0.4, 0.5) is 0 Å². The van der Waals surface area contributed by atoms with E-state index in [1.807, 2.05) is 55.5 Å². The van der Waals surface area contributed by atoms with Gasteiger partial charge >= 0.3 is 5.97 Å². The molecule has 1 aliphatic rings. The third kappa shape index (κ3) is 6.08. The third-order valence-corrected chi connectivity index (χ3v) is 9.45. The molecule has 224 valence electrons. The lowest BCUT2D eigenvalue weighted by Crippen LogP contribution is -2.33. The van der Waals surface area contributed by atoms with Crippen molar-refractivity contribution < 1.29 is 28.5 Å². The summed E-state index contributed by atoms with van der Waals surface area (Å²) in [5, 5.41) is 18.1. The Bertz CT molecular complexity index is 1590. The van der Waals surface area contributed by atoms with Gasteiger partial charge in [-0.05, 0) is 72.8 Å². The van der Waals surface area contributed by atoms with Gasteiger partial charge in [0.1, 0.15) is 33.5 Å². The summed E-state index contributed by atoms with van der Waals surface area (Å²) in [5.74, 6) is -0.414. The molecule has 0 amide bonds. The number of nitrogens with two attached hydrogens (primary N) is 1. The van der Waals surface area contributed by atoms with Gasteiger partial charge in [0.25, 0.3) is 0 Å². The molecule has 42 heavy (non-hydrogen) atoms. The van der Waals surface area contributed by atoms with Crippen LogP contribution in [0.25, 0.3) is 11.0 Å². The number of aryl methyl sites for hydroxylation is 2. The lowest BCUT2D eigenvalue weighted by atomic mass is 9.87. The summed E-state index contributed by atoms with van der Waals surface area (Å²) >= 11 is 0. The topological polar surface area (TPSA) is 156 Å². The molecule has 0 saturated heterocycles. The van der Waals surface area contributed by atoms with Crippen molar-refractivity contribution >= 4 is 27.8 Å². The highest BCUT2D eigenvalue weighted by atomic mass is 32.3. The van der Waals surface area contributed by atoms with Crippen LogP contribution in [0.3, 0.4) is 0 Å². The van der Waals surface area contributed by atoms with Gasteiger partial charge < -0.3 is 20.3 Å². The highest BCUT2D eigenvalue weighted by Gasteiger charge is 2.34. The minimum atomic E-state index is -3.37. The monoisotopic (exact) mass is 595 g/mol. The molecule has 0 radical (unpaired) electrons. The number of fused-ring (bicyclic) bond motifs is 2. The van der Waals surface area contributed by atoms with Crippen LogP contribution in [0.1, 0.15) is 47.9 Å². The van der Waals surface area contributed by atoms with Crippen LogP contribution < -0.4 is 15.2 Å². The maximum absolute atomic E-state index is 12.0. The second-order valence-corrected chi connectivity index (χ2v) is 12.6. The van der Waals surface area contributed by atoms with Crippen molar-refractivity contribution in [1.82, 2.24) is 19.3 Å². The fraction of sp³-hybridized carbons (Fsp3) is 0.367. The summed E-state index contributed by atoms with van der Waals surface area (Å²) in [4.78, 5) is 12.3. The zero-order valence-electron chi connectivity index (χ0n) is 23.9. The van der Waals surface area contributed by atoms with Crippen molar-refractivity contribution in [1.29, 1.82) is 0 Å². The molecule has 0 spiro atoms. The molecule has 2 heterocycles. The Morgan fingerprint density at radius 2 is 1.98 bits per heavy atom. The zero-order valence-corrected chi connectivity index (χ0v) is 24.8. The number of methoxy groups -OCH3 is 1. The lowest BCUT2D eigenvalue weighted by molar-refractivity contribution is -0.137. The summed E-state index contributed by atoms with van der Waals surface area (Å²) < 4.78 is 38.0. The Morgan fingerprint density at radius 3 is 2.71 bits per heavy atom. The highest BCUT2D eigenvalue weighted by Crippen LogP contribution is 2.57. The molecular formula is C30H37N5O6S. The summed E-state index contributed by atoms with van der Waals surface area (Å²) in [6.45, 7) is 2.99. The number of aromatic nitrogens is 3. The van der Waals surface area contributed by atoms with Gasteiger partial charge in [-0.15, -0.1) is 15.9 Å². The molecule has 5 N–H and O–H groups in total. The Labute approximate surface area is 246 Å². The number of carbonyl (C=O) groups is 1. The number of ether oxygens (including phenoxy) is 2. The summed E-state index contributed by atoms with van der Waals surface area (Å²) in [7, 11) is -0.0384. The Balaban J connectivity index is 1.47. The Kier molecular flexibility index (Phi) is 8.71. The van der Waals surface area contributed by atoms with E-state index in [2.05, 4.69) is 10.3 Å². The van der Waals surface area contributed by atoms with Crippen molar-refractivity contribution in [3.8, 4) is 11.5 Å². The number of carboxylic acids is 1. The average Bonchev–Trinajstić information content (AvgIpc) is 3.30. The average molecular weight is 596 g/mol. The molecular weight excluding hydrogens is 558 g/mol. The maximum Gasteiger partial charge on any atom is 0.304 e. The second-order valence-electron chi connectivity index (χ2n) is 10.6. The predicted molar refractivity (Wildman–Crippen MR) is 161 cm³/mol. The summed E-state index contributed by atoms with van der Waals surface area (Å²) in [6.07, 6.45) is 1.16. The van der Waals surface area contributed by atoms with Gasteiger partial charge in [0, 0.05) is 19.5 Å². The molecule has 0 unspecified atom stereocenters. The smallest absolute Gasteiger partial charge is 0.304 e. The van der Waals surface area contributed by atoms with Crippen LogP contribution in [0.5, 0.6) is 11.5 Å². The van der Waals surface area contributed by atoms with E-state index >= 15 is 0 Å². The number of benzene rings is 3. The van der Waals surface area contributed by atoms with E-state index < -0.39 is 22.7 Å². The molecule has 0 fully saturated rings. The van der Waals surface area contributed by atoms with Gasteiger partial charge in [0.15, 0.2) is 0 Å². The number of aliphatic carboxylic acids is 1. The fourth-order valence-electron chi connectivity index (χ4n) is 5.52. The van der Waals surface area contributed by atoms with E-state index in [9.17, 15) is 19.0 Å². The zero-order chi connectivity index (χ0) is 30.0. The quantitative estimate of drug-likeness (QED) is 0.201. The summed E-state index contributed by atoms with van der Waals surface area (Å²) in [6, 6.07) is 16.7. The van der Waals surface area contributed by atoms with Crippen molar-refractivity contribution in [2.45, 2.75) is 49.6 Å². The van der Waals surface area contributed by atoms with Crippen LogP contribution >= 0.6 is 10.8 Å². The van der Waals surface area contributed by atoms with E-state index in [0.717, 1.165) is 40.6 Å². The first-order valence-corrected chi connectivity index (χ1v) is 15.3. The van der Waals surface area contributed by atoms with Crippen molar-refractivity contribution in [2.24, 2.45) is 12.8 Å². The molecule has 4 aromatic rings. The largest absolute Gasteiger partial charge is 0.494 e. The molecule has 5 rings (SSSR count). The Morgan fingerprint density at radius 1 is 1.17 bits per heavy atom. The predicted octanol–water partition coefficient (Wildman–Crippen LogP) is 4.78. The first kappa shape index (κ1) is 29.8. The highest BCUT2D eigenvalue weighted by molar-refractivity contribution is 8.22. The molecule has 3 aromatic carbocycles. The lowest BCUT2D eigenvalue weighted by Gasteiger charge is -2.41. The number of nitrogens with zero attached hydrogens (tertiary/aromatic N) is 4. The van der Waals surface area contributed by atoms with Crippen LogP contribution in [0.15, 0.2) is 59.5 Å². The van der Waals surface area contributed by atoms with E-state index in [0.29, 0.717) is 35.0 Å². The van der Waals surface area contributed by atoms with E-state index in [1.54, 1.807) is 29.2 Å². The summed E-state index contributed by atoms with van der Waals surface area (Å²) in [5.41, 5.74) is 10.3. The van der Waals surface area contributed by atoms with Crippen LogP contribution in [0, 0.1) is 0 Å². The second kappa shape index (κ2) is 12.3. The van der Waals surface area contributed by atoms with Gasteiger partial charge in [0.2, 0.25) is 0 Å². The molecule has 12 heteroatoms. The maximum atomic E-state index is 12.0. The van der Waals surface area contributed by atoms with Gasteiger partial charge in [-0.25, -0.2) is 4.68 Å². The molecule has 1 aromatic heterocycles. The van der Waals surface area contributed by atoms with Crippen molar-refractivity contribution in [3.05, 3.63) is 76.9 Å². The number of carboxylic acid groups (broad SMARTS) is 1. The first-order valence-electron chi connectivity index (χ1n) is 13.8. The molecule has 11 nitrogen and oxygen atoms in total. The standard InChI is InChI=1S/C30H37N5O6S/c1-19-17-35(42(38,39)28-10-9-20(7-5-11-31)13-26(28)41-19)18-21-6-4-8-22(12-21)24(16-29(36)37)23-14-25-30(27(15-23)40-3)34(2)33-32-25/h4,6,8-10,12-15,19,24,38-39H,5,7,11,16-18,31H2,1-3H3,(H,36,37)/t19-,24+/m1/s1. The molecule has 1 aliphatic heterocycles. The van der Waals surface area contributed by atoms with Crippen molar-refractivity contribution in [3.63, 3.8) is 0 Å². The first-order chi connectivity index (χ1) is 20.1. The molecule has 0 bridgehead atoms. The number of hydrogen-bond acceptors (Lipinski definition) is 9. The molecule has 2 atom stereocenters. The molecule has 0 aliphatic carbocycles. The van der Waals surface area contributed by atoms with Crippen LogP contribution in [-0.2, 0) is 24.8 Å². The molecule has 0 saturated carbocycles. The van der Waals surface area contributed by atoms with E-state index in [4.69, 9.17) is 15.2 Å². The Hall–Kier alpha value is -3.68. The third-order valence-electron chi connectivity index (χ3n) is 7.52. The van der Waals surface area contributed by atoms with Gasteiger partial charge in [-0.3, -0.25) is 13.9 Å². The normalized spacial score (nSPS) is 18.1.